The second-order valence-corrected chi connectivity index (χ2v) is 5.41. The van der Waals surface area contributed by atoms with Crippen LogP contribution in [0.3, 0.4) is 0 Å². The normalized spacial score (nSPS) is 11.1. The van der Waals surface area contributed by atoms with Crippen molar-refractivity contribution in [3.63, 3.8) is 0 Å². The number of carboxylic acid groups (broad SMARTS) is 1. The van der Waals surface area contributed by atoms with Gasteiger partial charge in [-0.25, -0.2) is 13.2 Å². The number of ether oxygens (including phenoxy) is 1. The first-order chi connectivity index (χ1) is 9.44. The molecule has 0 radical (unpaired) electrons. The van der Waals surface area contributed by atoms with E-state index in [1.54, 1.807) is 0 Å². The first-order valence-electron chi connectivity index (χ1n) is 5.37. The van der Waals surface area contributed by atoms with Crippen LogP contribution in [0.4, 0.5) is 5.69 Å². The van der Waals surface area contributed by atoms with Crippen molar-refractivity contribution in [3.8, 4) is 5.75 Å². The number of carbonyl (C=O) groups is 1. The van der Waals surface area contributed by atoms with Crippen molar-refractivity contribution in [2.75, 3.05) is 11.8 Å². The Labute approximate surface area is 114 Å². The van der Waals surface area contributed by atoms with Crippen molar-refractivity contribution in [3.05, 3.63) is 36.2 Å². The fraction of sp³-hybridized carbons (Fsp3) is 0.0909. The molecule has 0 saturated heterocycles. The molecule has 2 aromatic rings. The molecule has 2 rings (SSSR count). The van der Waals surface area contributed by atoms with E-state index >= 15 is 0 Å². The zero-order valence-corrected chi connectivity index (χ0v) is 11.1. The molecular formula is C11H11N3O5S. The fourth-order valence-corrected chi connectivity index (χ4v) is 2.73. The minimum absolute atomic E-state index is 0.0547. The van der Waals surface area contributed by atoms with E-state index in [0.29, 0.717) is 0 Å². The predicted octanol–water partition coefficient (Wildman–Crippen LogP) is 0.917. The summed E-state index contributed by atoms with van der Waals surface area (Å²) in [7, 11) is -2.63. The van der Waals surface area contributed by atoms with Gasteiger partial charge < -0.3 is 9.84 Å². The lowest BCUT2D eigenvalue weighted by molar-refractivity contribution is 0.0696. The molecule has 0 aliphatic rings. The van der Waals surface area contributed by atoms with Crippen LogP contribution in [0.15, 0.2) is 35.5 Å². The number of methoxy groups -OCH3 is 1. The third kappa shape index (κ3) is 2.72. The Morgan fingerprint density at radius 3 is 2.75 bits per heavy atom. The minimum atomic E-state index is -3.90. The zero-order chi connectivity index (χ0) is 14.8. The van der Waals surface area contributed by atoms with E-state index in [9.17, 15) is 13.2 Å². The van der Waals surface area contributed by atoms with Gasteiger partial charge in [-0.3, -0.25) is 9.82 Å². The van der Waals surface area contributed by atoms with Gasteiger partial charge in [0.05, 0.1) is 24.6 Å². The number of nitrogens with zero attached hydrogens (tertiary/aromatic N) is 1. The van der Waals surface area contributed by atoms with E-state index in [1.807, 2.05) is 0 Å². The van der Waals surface area contributed by atoms with Crippen LogP contribution in [0.25, 0.3) is 0 Å². The van der Waals surface area contributed by atoms with Gasteiger partial charge in [0.25, 0.3) is 10.0 Å². The lowest BCUT2D eigenvalue weighted by atomic mass is 10.2. The van der Waals surface area contributed by atoms with Gasteiger partial charge in [0.1, 0.15) is 10.6 Å². The monoisotopic (exact) mass is 297 g/mol. The second kappa shape index (κ2) is 5.21. The molecule has 0 unspecified atom stereocenters. The van der Waals surface area contributed by atoms with Gasteiger partial charge in [0.15, 0.2) is 0 Å². The largest absolute Gasteiger partial charge is 0.495 e. The topological polar surface area (TPSA) is 121 Å². The highest BCUT2D eigenvalue weighted by Gasteiger charge is 2.21. The van der Waals surface area contributed by atoms with Crippen LogP contribution in [-0.4, -0.2) is 36.8 Å². The quantitative estimate of drug-likeness (QED) is 0.754. The molecule has 106 valence electrons. The summed E-state index contributed by atoms with van der Waals surface area (Å²) in [6, 6.07) is 3.51. The van der Waals surface area contributed by atoms with Crippen LogP contribution in [0.1, 0.15) is 10.4 Å². The number of H-pyrrole nitrogens is 1. The van der Waals surface area contributed by atoms with Crippen LogP contribution in [-0.2, 0) is 10.0 Å². The predicted molar refractivity (Wildman–Crippen MR) is 69.3 cm³/mol. The number of rotatable bonds is 5. The van der Waals surface area contributed by atoms with Gasteiger partial charge in [0.2, 0.25) is 0 Å². The summed E-state index contributed by atoms with van der Waals surface area (Å²) in [5, 5.41) is 15.0. The van der Waals surface area contributed by atoms with Crippen LogP contribution in [0.5, 0.6) is 5.75 Å². The zero-order valence-electron chi connectivity index (χ0n) is 10.3. The van der Waals surface area contributed by atoms with E-state index in [-0.39, 0.29) is 21.9 Å². The first kappa shape index (κ1) is 13.9. The number of aromatic carboxylic acids is 1. The maximum Gasteiger partial charge on any atom is 0.335 e. The molecule has 0 spiro atoms. The maximum absolute atomic E-state index is 12.2. The summed E-state index contributed by atoms with van der Waals surface area (Å²) in [5.74, 6) is -1.23. The molecule has 8 nitrogen and oxygen atoms in total. The number of hydrogen-bond donors (Lipinski definition) is 3. The highest BCUT2D eigenvalue weighted by Crippen LogP contribution is 2.26. The van der Waals surface area contributed by atoms with E-state index < -0.39 is 16.0 Å². The SMILES string of the molecule is COc1cc(C(=O)O)ccc1S(=O)(=O)Nc1cn[nH]c1. The third-order valence-corrected chi connectivity index (χ3v) is 3.87. The molecule has 0 aliphatic heterocycles. The van der Waals surface area contributed by atoms with E-state index in [0.717, 1.165) is 6.07 Å². The molecule has 1 aromatic heterocycles. The van der Waals surface area contributed by atoms with Crippen molar-refractivity contribution in [1.29, 1.82) is 0 Å². The molecule has 0 saturated carbocycles. The number of aromatic nitrogens is 2. The Hall–Kier alpha value is -2.55. The summed E-state index contributed by atoms with van der Waals surface area (Å²) in [5.41, 5.74) is 0.193. The Balaban J connectivity index is 2.43. The number of hydrogen-bond acceptors (Lipinski definition) is 5. The number of anilines is 1. The smallest absolute Gasteiger partial charge is 0.335 e. The Morgan fingerprint density at radius 2 is 2.20 bits per heavy atom. The average Bonchev–Trinajstić information content (AvgIpc) is 2.89. The lowest BCUT2D eigenvalue weighted by Gasteiger charge is -2.11. The Morgan fingerprint density at radius 1 is 1.45 bits per heavy atom. The van der Waals surface area contributed by atoms with Crippen molar-refractivity contribution in [1.82, 2.24) is 10.2 Å². The highest BCUT2D eigenvalue weighted by molar-refractivity contribution is 7.92. The molecule has 1 heterocycles. The Kier molecular flexibility index (Phi) is 3.61. The lowest BCUT2D eigenvalue weighted by Crippen LogP contribution is -2.14. The van der Waals surface area contributed by atoms with E-state index in [1.165, 1.54) is 31.6 Å². The summed E-state index contributed by atoms with van der Waals surface area (Å²) in [4.78, 5) is 10.7. The van der Waals surface area contributed by atoms with Crippen molar-refractivity contribution >= 4 is 21.7 Å². The van der Waals surface area contributed by atoms with Gasteiger partial charge in [-0.15, -0.1) is 0 Å². The van der Waals surface area contributed by atoms with E-state index in [4.69, 9.17) is 9.84 Å². The summed E-state index contributed by atoms with van der Waals surface area (Å²) < 4.78 is 31.6. The maximum atomic E-state index is 12.2. The average molecular weight is 297 g/mol. The van der Waals surface area contributed by atoms with Crippen molar-refractivity contribution in [2.24, 2.45) is 0 Å². The van der Waals surface area contributed by atoms with Gasteiger partial charge in [-0.1, -0.05) is 0 Å². The number of aromatic amines is 1. The van der Waals surface area contributed by atoms with Gasteiger partial charge in [-0.2, -0.15) is 5.10 Å². The molecule has 0 amide bonds. The summed E-state index contributed by atoms with van der Waals surface area (Å²) in [6.45, 7) is 0. The minimum Gasteiger partial charge on any atom is -0.495 e. The van der Waals surface area contributed by atoms with Crippen molar-refractivity contribution in [2.45, 2.75) is 4.90 Å². The van der Waals surface area contributed by atoms with Crippen LogP contribution in [0, 0.1) is 0 Å². The number of benzene rings is 1. The summed E-state index contributed by atoms with van der Waals surface area (Å²) >= 11 is 0. The van der Waals surface area contributed by atoms with Gasteiger partial charge in [0, 0.05) is 6.20 Å². The van der Waals surface area contributed by atoms with Crippen molar-refractivity contribution < 1.29 is 23.1 Å². The van der Waals surface area contributed by atoms with Gasteiger partial charge in [-0.05, 0) is 18.2 Å². The van der Waals surface area contributed by atoms with Crippen LogP contribution >= 0.6 is 0 Å². The Bertz CT molecular complexity index is 725. The molecule has 0 fully saturated rings. The number of nitrogens with one attached hydrogen (secondary N) is 2. The summed E-state index contributed by atoms with van der Waals surface area (Å²) in [6.07, 6.45) is 2.67. The second-order valence-electron chi connectivity index (χ2n) is 3.76. The molecule has 3 N–H and O–H groups in total. The third-order valence-electron chi connectivity index (χ3n) is 2.45. The molecule has 0 bridgehead atoms. The molecular weight excluding hydrogens is 286 g/mol. The molecule has 1 aromatic carbocycles. The number of carboxylic acids is 1. The standard InChI is InChI=1S/C11H11N3O5S/c1-19-9-4-7(11(15)16)2-3-10(9)20(17,18)14-8-5-12-13-6-8/h2-6,14H,1H3,(H,12,13)(H,15,16). The molecule has 9 heteroatoms. The number of sulfonamides is 1. The molecule has 0 aliphatic carbocycles. The van der Waals surface area contributed by atoms with Crippen LogP contribution in [0.2, 0.25) is 0 Å². The van der Waals surface area contributed by atoms with Gasteiger partial charge >= 0.3 is 5.97 Å². The molecule has 0 atom stereocenters. The van der Waals surface area contributed by atoms with Crippen LogP contribution < -0.4 is 9.46 Å². The van der Waals surface area contributed by atoms with E-state index in [2.05, 4.69) is 14.9 Å². The molecule has 20 heavy (non-hydrogen) atoms. The highest BCUT2D eigenvalue weighted by atomic mass is 32.2. The first-order valence-corrected chi connectivity index (χ1v) is 6.85. The fourth-order valence-electron chi connectivity index (χ4n) is 1.54.